The van der Waals surface area contributed by atoms with Gasteiger partial charge in [-0.25, -0.2) is 9.18 Å². The summed E-state index contributed by atoms with van der Waals surface area (Å²) in [7, 11) is 3.44. The number of amides is 2. The van der Waals surface area contributed by atoms with E-state index in [4.69, 9.17) is 19.4 Å². The number of carbonyl (C=O) groups excluding carboxylic acids is 2. The van der Waals surface area contributed by atoms with Crippen molar-refractivity contribution < 1.29 is 23.5 Å². The van der Waals surface area contributed by atoms with Gasteiger partial charge >= 0.3 is 12.1 Å². The highest BCUT2D eigenvalue weighted by Gasteiger charge is 2.49. The second-order valence-corrected chi connectivity index (χ2v) is 13.5. The van der Waals surface area contributed by atoms with Crippen molar-refractivity contribution in [2.24, 2.45) is 0 Å². The van der Waals surface area contributed by atoms with Crippen molar-refractivity contribution in [3.05, 3.63) is 28.7 Å². The third kappa shape index (κ3) is 6.00. The van der Waals surface area contributed by atoms with Gasteiger partial charge in [0.2, 0.25) is 0 Å². The zero-order chi connectivity index (χ0) is 30.5. The Kier molecular flexibility index (Phi) is 7.72. The normalized spacial score (nSPS) is 23.8. The molecule has 13 heteroatoms. The van der Waals surface area contributed by atoms with Gasteiger partial charge in [-0.15, -0.1) is 0 Å². The van der Waals surface area contributed by atoms with E-state index < -0.39 is 11.8 Å². The van der Waals surface area contributed by atoms with Crippen LogP contribution in [0.25, 0.3) is 0 Å². The first-order chi connectivity index (χ1) is 20.4. The Bertz CT molecular complexity index is 1390. The monoisotopic (exact) mass is 598 g/mol. The molecule has 0 aromatic carbocycles. The van der Waals surface area contributed by atoms with Gasteiger partial charge in [0, 0.05) is 52.3 Å². The van der Waals surface area contributed by atoms with E-state index in [9.17, 15) is 14.0 Å². The molecule has 6 heterocycles. The highest BCUT2D eigenvalue weighted by molar-refractivity contribution is 5.92. The molecule has 2 aromatic rings. The number of halogens is 1. The smallest absolute Gasteiger partial charge is 0.410 e. The van der Waals surface area contributed by atoms with Gasteiger partial charge in [-0.2, -0.15) is 15.1 Å². The van der Waals surface area contributed by atoms with E-state index in [-0.39, 0.29) is 30.1 Å². The maximum atomic E-state index is 14.4. The molecule has 234 valence electrons. The quantitative estimate of drug-likeness (QED) is 0.513. The molecule has 0 N–H and O–H groups in total. The van der Waals surface area contributed by atoms with Crippen LogP contribution in [-0.2, 0) is 30.8 Å². The average molecular weight is 599 g/mol. The molecule has 2 saturated heterocycles. The lowest BCUT2D eigenvalue weighted by Crippen LogP contribution is -2.44. The maximum Gasteiger partial charge on any atom is 0.410 e. The zero-order valence-corrected chi connectivity index (χ0v) is 25.9. The number of nitrogens with zero attached hydrogens (tertiary/aromatic N) is 8. The van der Waals surface area contributed by atoms with Crippen LogP contribution in [0.3, 0.4) is 0 Å². The number of hydrogen-bond donors (Lipinski definition) is 0. The molecule has 43 heavy (non-hydrogen) atoms. The molecule has 2 atom stereocenters. The van der Waals surface area contributed by atoms with Crippen LogP contribution in [0.4, 0.5) is 15.0 Å². The van der Waals surface area contributed by atoms with Crippen LogP contribution in [-0.4, -0.2) is 111 Å². The fourth-order valence-corrected chi connectivity index (χ4v) is 6.82. The summed E-state index contributed by atoms with van der Waals surface area (Å²) in [5, 5.41) is 4.58. The van der Waals surface area contributed by atoms with E-state index in [1.54, 1.807) is 19.0 Å². The fraction of sp³-hybridized carbons (Fsp3) is 0.700. The third-order valence-corrected chi connectivity index (χ3v) is 8.84. The van der Waals surface area contributed by atoms with E-state index in [1.807, 2.05) is 31.5 Å². The summed E-state index contributed by atoms with van der Waals surface area (Å²) in [5.74, 6) is 0.641. The number of ether oxygens (including phenoxy) is 2. The lowest BCUT2D eigenvalue weighted by atomic mass is 9.95. The van der Waals surface area contributed by atoms with Crippen LogP contribution in [0.15, 0.2) is 6.07 Å². The minimum atomic E-state index is -0.850. The molecule has 0 aliphatic carbocycles. The lowest BCUT2D eigenvalue weighted by molar-refractivity contribution is 0.0219. The Morgan fingerprint density at radius 1 is 1.12 bits per heavy atom. The van der Waals surface area contributed by atoms with Crippen molar-refractivity contribution in [3.63, 3.8) is 0 Å². The van der Waals surface area contributed by atoms with Gasteiger partial charge in [0.25, 0.3) is 5.91 Å². The van der Waals surface area contributed by atoms with E-state index in [2.05, 4.69) is 14.9 Å². The largest absolute Gasteiger partial charge is 0.461 e. The van der Waals surface area contributed by atoms with E-state index in [0.717, 1.165) is 55.1 Å². The Hall–Kier alpha value is -3.48. The van der Waals surface area contributed by atoms with Gasteiger partial charge in [0.05, 0.1) is 30.0 Å². The molecular weight excluding hydrogens is 555 g/mol. The number of aryl methyl sites for hydroxylation is 1. The Labute approximate surface area is 252 Å². The number of anilines is 1. The number of aromatic nitrogens is 4. The standard InChI is InChI=1S/C30H43FN8O4/c1-29(2,3)43-28(41)37-13-8-22-24(18-37)32-27(42-19-30-9-6-11-38(30)16-20(31)15-30)33-25(22)36-10-7-12-39-21(17-36)14-23(34-39)26(40)35(4)5/h14,20H,6-13,15-19H2,1-5H3/t20-,30+/m1/s1. The predicted molar refractivity (Wildman–Crippen MR) is 157 cm³/mol. The number of alkyl halides is 1. The minimum absolute atomic E-state index is 0.132. The Balaban J connectivity index is 1.31. The van der Waals surface area contributed by atoms with Gasteiger partial charge in [-0.1, -0.05) is 0 Å². The summed E-state index contributed by atoms with van der Waals surface area (Å²) in [6.45, 7) is 9.94. The van der Waals surface area contributed by atoms with Gasteiger partial charge in [-0.05, 0) is 59.1 Å². The Morgan fingerprint density at radius 3 is 2.70 bits per heavy atom. The first-order valence-electron chi connectivity index (χ1n) is 15.3. The van der Waals surface area contributed by atoms with Crippen LogP contribution in [0.2, 0.25) is 0 Å². The van der Waals surface area contributed by atoms with E-state index >= 15 is 0 Å². The molecule has 0 unspecified atom stereocenters. The number of fused-ring (bicyclic) bond motifs is 3. The molecule has 4 aliphatic rings. The molecule has 6 rings (SSSR count). The van der Waals surface area contributed by atoms with Gasteiger partial charge < -0.3 is 24.2 Å². The second kappa shape index (κ2) is 11.2. The number of hydrogen-bond acceptors (Lipinski definition) is 9. The van der Waals surface area contributed by atoms with Crippen molar-refractivity contribution in [3.8, 4) is 6.01 Å². The van der Waals surface area contributed by atoms with Gasteiger partial charge in [0.1, 0.15) is 24.2 Å². The van der Waals surface area contributed by atoms with E-state index in [1.165, 1.54) is 4.90 Å². The molecule has 0 spiro atoms. The molecule has 0 saturated carbocycles. The van der Waals surface area contributed by atoms with Gasteiger partial charge in [0.15, 0.2) is 5.69 Å². The average Bonchev–Trinajstić information content (AvgIpc) is 3.56. The molecule has 0 radical (unpaired) electrons. The Morgan fingerprint density at radius 2 is 1.93 bits per heavy atom. The van der Waals surface area contributed by atoms with Crippen LogP contribution < -0.4 is 9.64 Å². The summed E-state index contributed by atoms with van der Waals surface area (Å²) in [5.41, 5.74) is 2.14. The summed E-state index contributed by atoms with van der Waals surface area (Å²) in [6, 6.07) is 2.10. The highest BCUT2D eigenvalue weighted by atomic mass is 19.1. The summed E-state index contributed by atoms with van der Waals surface area (Å²) in [4.78, 5) is 43.0. The van der Waals surface area contributed by atoms with Crippen LogP contribution in [0.1, 0.15) is 73.9 Å². The highest BCUT2D eigenvalue weighted by Crippen LogP contribution is 2.40. The summed E-state index contributed by atoms with van der Waals surface area (Å²) in [6.07, 6.45) is 2.54. The topological polar surface area (TPSA) is 109 Å². The number of rotatable bonds is 5. The van der Waals surface area contributed by atoms with Crippen LogP contribution in [0.5, 0.6) is 6.01 Å². The molecule has 0 bridgehead atoms. The SMILES string of the molecule is CN(C)C(=O)c1cc2n(n1)CCCN(c1nc(OC[C@@]34CCCN3C[C@H](F)C4)nc3c1CCN(C(=O)OC(C)(C)C)C3)C2. The molecule has 2 amide bonds. The third-order valence-electron chi connectivity index (χ3n) is 8.84. The van der Waals surface area contributed by atoms with Crippen molar-refractivity contribution >= 4 is 17.8 Å². The van der Waals surface area contributed by atoms with Crippen LogP contribution >= 0.6 is 0 Å². The molecule has 4 aliphatic heterocycles. The van der Waals surface area contributed by atoms with Crippen molar-refractivity contribution in [1.29, 1.82) is 0 Å². The first-order valence-corrected chi connectivity index (χ1v) is 15.3. The predicted octanol–water partition coefficient (Wildman–Crippen LogP) is 3.03. The summed E-state index contributed by atoms with van der Waals surface area (Å²) < 4.78 is 28.3. The molecule has 2 fully saturated rings. The molecular formula is C30H43FN8O4. The first kappa shape index (κ1) is 29.6. The molecule has 12 nitrogen and oxygen atoms in total. The van der Waals surface area contributed by atoms with Gasteiger partial charge in [-0.3, -0.25) is 14.4 Å². The lowest BCUT2D eigenvalue weighted by Gasteiger charge is -2.34. The van der Waals surface area contributed by atoms with Crippen LogP contribution in [0, 0.1) is 0 Å². The van der Waals surface area contributed by atoms with Crippen molar-refractivity contribution in [1.82, 2.24) is 34.4 Å². The fourth-order valence-electron chi connectivity index (χ4n) is 6.82. The van der Waals surface area contributed by atoms with Crippen molar-refractivity contribution in [2.75, 3.05) is 51.8 Å². The minimum Gasteiger partial charge on any atom is -0.461 e. The van der Waals surface area contributed by atoms with E-state index in [0.29, 0.717) is 51.3 Å². The number of carbonyl (C=O) groups is 2. The maximum absolute atomic E-state index is 14.4. The van der Waals surface area contributed by atoms with Crippen molar-refractivity contribution in [2.45, 2.75) is 89.8 Å². The second-order valence-electron chi connectivity index (χ2n) is 13.5. The zero-order valence-electron chi connectivity index (χ0n) is 25.9. The summed E-state index contributed by atoms with van der Waals surface area (Å²) >= 11 is 0. The molecule has 2 aromatic heterocycles.